The highest BCUT2D eigenvalue weighted by molar-refractivity contribution is 6.29. The molecule has 0 bridgehead atoms. The van der Waals surface area contributed by atoms with Crippen molar-refractivity contribution in [3.63, 3.8) is 0 Å². The number of aryl methyl sites for hydroxylation is 1. The third-order valence-electron chi connectivity index (χ3n) is 3.32. The number of nitrogens with zero attached hydrogens (tertiary/aromatic N) is 3. The van der Waals surface area contributed by atoms with Crippen molar-refractivity contribution >= 4 is 23.2 Å². The lowest BCUT2D eigenvalue weighted by atomic mass is 10.1. The second-order valence-corrected chi connectivity index (χ2v) is 5.08. The third-order valence-corrected chi connectivity index (χ3v) is 3.55. The van der Waals surface area contributed by atoms with E-state index in [-0.39, 0.29) is 17.3 Å². The lowest BCUT2D eigenvalue weighted by Gasteiger charge is -2.31. The molecule has 1 aromatic heterocycles. The van der Waals surface area contributed by atoms with E-state index in [2.05, 4.69) is 9.84 Å². The first-order valence-corrected chi connectivity index (χ1v) is 7.40. The number of amides is 1. The number of benzene rings is 1. The van der Waals surface area contributed by atoms with Crippen LogP contribution in [-0.2, 0) is 4.79 Å². The fourth-order valence-corrected chi connectivity index (χ4v) is 2.46. The average Bonchev–Trinajstić information content (AvgIpc) is 3.03. The van der Waals surface area contributed by atoms with Gasteiger partial charge in [0.05, 0.1) is 5.69 Å². The van der Waals surface area contributed by atoms with Gasteiger partial charge in [0.15, 0.2) is 0 Å². The number of hydrogen-bond donors (Lipinski definition) is 0. The van der Waals surface area contributed by atoms with Gasteiger partial charge in [0, 0.05) is 12.4 Å². The van der Waals surface area contributed by atoms with Crippen LogP contribution in [0.4, 0.5) is 14.5 Å². The van der Waals surface area contributed by atoms with Crippen LogP contribution in [0.15, 0.2) is 36.7 Å². The number of anilines is 1. The van der Waals surface area contributed by atoms with Gasteiger partial charge in [-0.2, -0.15) is 13.9 Å². The number of alkyl halides is 3. The molecule has 1 aromatic carbocycles. The fourth-order valence-electron chi connectivity index (χ4n) is 2.34. The van der Waals surface area contributed by atoms with Gasteiger partial charge in [0.2, 0.25) is 5.91 Å². The van der Waals surface area contributed by atoms with E-state index < -0.39 is 18.7 Å². The first-order valence-electron chi connectivity index (χ1n) is 6.87. The summed E-state index contributed by atoms with van der Waals surface area (Å²) in [6.45, 7) is 0.428. The lowest BCUT2D eigenvalue weighted by Crippen LogP contribution is -2.38. The minimum absolute atomic E-state index is 0.0857. The van der Waals surface area contributed by atoms with Gasteiger partial charge in [-0.05, 0) is 31.5 Å². The van der Waals surface area contributed by atoms with Crippen molar-refractivity contribution in [3.8, 4) is 5.75 Å². The van der Waals surface area contributed by atoms with Crippen LogP contribution in [0.5, 0.6) is 5.75 Å². The van der Waals surface area contributed by atoms with Gasteiger partial charge in [-0.25, -0.2) is 4.68 Å². The highest BCUT2D eigenvalue weighted by Gasteiger charge is 2.28. The molecule has 8 heteroatoms. The molecule has 0 N–H and O–H groups in total. The normalized spacial score (nSPS) is 12.3. The molecule has 0 radical (unpaired) electrons. The van der Waals surface area contributed by atoms with Crippen molar-refractivity contribution < 1.29 is 18.3 Å². The van der Waals surface area contributed by atoms with Crippen LogP contribution in [0, 0.1) is 6.92 Å². The average molecular weight is 344 g/mol. The molecule has 1 amide bonds. The Kier molecular flexibility index (Phi) is 5.54. The molecule has 124 valence electrons. The number of halogens is 3. The minimum atomic E-state index is -3.00. The van der Waals surface area contributed by atoms with Crippen LogP contribution in [0.25, 0.3) is 0 Å². The van der Waals surface area contributed by atoms with E-state index in [0.29, 0.717) is 5.56 Å². The van der Waals surface area contributed by atoms with Gasteiger partial charge in [-0.3, -0.25) is 9.69 Å². The Morgan fingerprint density at radius 1 is 1.43 bits per heavy atom. The van der Waals surface area contributed by atoms with Crippen LogP contribution in [0.3, 0.4) is 0 Å². The molecule has 0 fully saturated rings. The molecule has 5 nitrogen and oxygen atoms in total. The zero-order valence-corrected chi connectivity index (χ0v) is 13.4. The standard InChI is InChI=1S/C15H16ClF2N3O2/c1-10-5-3-6-12(23-15(17)18)14(10)21(13(22)9-16)11(2)20-8-4-7-19-20/h3-8,11,15H,9H2,1-2H3. The van der Waals surface area contributed by atoms with Crippen LogP contribution in [0.1, 0.15) is 18.7 Å². The zero-order valence-electron chi connectivity index (χ0n) is 12.6. The zero-order chi connectivity index (χ0) is 17.0. The highest BCUT2D eigenvalue weighted by Crippen LogP contribution is 2.36. The van der Waals surface area contributed by atoms with Gasteiger partial charge in [0.25, 0.3) is 0 Å². The van der Waals surface area contributed by atoms with Crippen molar-refractivity contribution in [3.05, 3.63) is 42.2 Å². The SMILES string of the molecule is Cc1cccc(OC(F)F)c1N(C(=O)CCl)C(C)n1cccn1. The number of ether oxygens (including phenoxy) is 1. The van der Waals surface area contributed by atoms with Crippen molar-refractivity contribution in [1.29, 1.82) is 0 Å². The van der Waals surface area contributed by atoms with Gasteiger partial charge in [0.1, 0.15) is 17.8 Å². The Hall–Kier alpha value is -2.15. The third kappa shape index (κ3) is 3.79. The maximum absolute atomic E-state index is 12.7. The predicted molar refractivity (Wildman–Crippen MR) is 83.0 cm³/mol. The Morgan fingerprint density at radius 2 is 2.17 bits per heavy atom. The number of rotatable bonds is 6. The molecule has 2 rings (SSSR count). The monoisotopic (exact) mass is 343 g/mol. The Labute approximate surface area is 137 Å². The summed E-state index contributed by atoms with van der Waals surface area (Å²) < 4.78 is 31.5. The maximum atomic E-state index is 12.7. The van der Waals surface area contributed by atoms with Crippen LogP contribution in [-0.4, -0.2) is 28.2 Å². The molecule has 0 spiro atoms. The van der Waals surface area contributed by atoms with Gasteiger partial charge in [-0.1, -0.05) is 12.1 Å². The number of aromatic nitrogens is 2. The lowest BCUT2D eigenvalue weighted by molar-refractivity contribution is -0.117. The summed E-state index contributed by atoms with van der Waals surface area (Å²) >= 11 is 5.70. The molecule has 0 aliphatic heterocycles. The Morgan fingerprint density at radius 3 is 2.74 bits per heavy atom. The van der Waals surface area contributed by atoms with Crippen LogP contribution >= 0.6 is 11.6 Å². The summed E-state index contributed by atoms with van der Waals surface area (Å²) in [4.78, 5) is 13.7. The summed E-state index contributed by atoms with van der Waals surface area (Å²) in [5.74, 6) is -0.825. The van der Waals surface area contributed by atoms with Crippen molar-refractivity contribution in [2.45, 2.75) is 26.6 Å². The second kappa shape index (κ2) is 7.41. The smallest absolute Gasteiger partial charge is 0.387 e. The molecule has 1 atom stereocenters. The van der Waals surface area contributed by atoms with Crippen molar-refractivity contribution in [2.24, 2.45) is 0 Å². The molecular weight excluding hydrogens is 328 g/mol. The number of carbonyl (C=O) groups is 1. The largest absolute Gasteiger partial charge is 0.433 e. The Bertz CT molecular complexity index is 665. The summed E-state index contributed by atoms with van der Waals surface area (Å²) in [6.07, 6.45) is 2.68. The van der Waals surface area contributed by atoms with E-state index in [9.17, 15) is 13.6 Å². The van der Waals surface area contributed by atoms with Crippen molar-refractivity contribution in [1.82, 2.24) is 9.78 Å². The Balaban J connectivity index is 2.54. The summed E-state index contributed by atoms with van der Waals surface area (Å²) in [5.41, 5.74) is 0.863. The topological polar surface area (TPSA) is 47.4 Å². The maximum Gasteiger partial charge on any atom is 0.387 e. The van der Waals surface area contributed by atoms with E-state index in [0.717, 1.165) is 0 Å². The molecule has 0 saturated carbocycles. The molecule has 0 saturated heterocycles. The van der Waals surface area contributed by atoms with E-state index in [1.165, 1.54) is 15.6 Å². The van der Waals surface area contributed by atoms with Crippen LogP contribution in [0.2, 0.25) is 0 Å². The number of carbonyl (C=O) groups excluding carboxylic acids is 1. The summed E-state index contributed by atoms with van der Waals surface area (Å²) in [7, 11) is 0. The summed E-state index contributed by atoms with van der Waals surface area (Å²) in [6, 6.07) is 6.38. The predicted octanol–water partition coefficient (Wildman–Crippen LogP) is 3.58. The first kappa shape index (κ1) is 17.2. The second-order valence-electron chi connectivity index (χ2n) is 4.82. The van der Waals surface area contributed by atoms with E-state index in [1.54, 1.807) is 44.4 Å². The molecule has 23 heavy (non-hydrogen) atoms. The minimum Gasteiger partial charge on any atom is -0.433 e. The molecule has 1 heterocycles. The van der Waals surface area contributed by atoms with Gasteiger partial charge >= 0.3 is 6.61 Å². The first-order chi connectivity index (χ1) is 11.0. The summed E-state index contributed by atoms with van der Waals surface area (Å²) in [5, 5.41) is 4.09. The molecule has 1 unspecified atom stereocenters. The molecule has 0 aliphatic rings. The fraction of sp³-hybridized carbons (Fsp3) is 0.333. The number of hydrogen-bond acceptors (Lipinski definition) is 3. The van der Waals surface area contributed by atoms with Gasteiger partial charge in [-0.15, -0.1) is 11.6 Å². The number of para-hydroxylation sites is 1. The van der Waals surface area contributed by atoms with Crippen LogP contribution < -0.4 is 9.64 Å². The molecule has 0 aliphatic carbocycles. The van der Waals surface area contributed by atoms with Crippen molar-refractivity contribution in [2.75, 3.05) is 10.8 Å². The highest BCUT2D eigenvalue weighted by atomic mass is 35.5. The van der Waals surface area contributed by atoms with Gasteiger partial charge < -0.3 is 4.74 Å². The quantitative estimate of drug-likeness (QED) is 0.753. The molecule has 2 aromatic rings. The van der Waals surface area contributed by atoms with E-state index >= 15 is 0 Å². The molecular formula is C15H16ClF2N3O2. The van der Waals surface area contributed by atoms with E-state index in [4.69, 9.17) is 11.6 Å². The van der Waals surface area contributed by atoms with E-state index in [1.807, 2.05) is 0 Å².